The van der Waals surface area contributed by atoms with Crippen LogP contribution < -0.4 is 0 Å². The lowest BCUT2D eigenvalue weighted by molar-refractivity contribution is -0.0121. The van der Waals surface area contributed by atoms with Gasteiger partial charge in [0, 0.05) is 12.5 Å². The Morgan fingerprint density at radius 1 is 1.18 bits per heavy atom. The lowest BCUT2D eigenvalue weighted by Gasteiger charge is -2.27. The fourth-order valence-corrected chi connectivity index (χ4v) is 2.75. The second-order valence-corrected chi connectivity index (χ2v) is 5.25. The topological polar surface area (TPSA) is 29.5 Å². The number of hydrogen-bond donors (Lipinski definition) is 1. The van der Waals surface area contributed by atoms with Crippen LogP contribution in [0.5, 0.6) is 0 Å². The summed E-state index contributed by atoms with van der Waals surface area (Å²) in [6, 6.07) is 0. The van der Waals surface area contributed by atoms with Gasteiger partial charge in [-0.15, -0.1) is 0 Å². The van der Waals surface area contributed by atoms with Gasteiger partial charge >= 0.3 is 0 Å². The molecule has 2 unspecified atom stereocenters. The van der Waals surface area contributed by atoms with Crippen molar-refractivity contribution < 1.29 is 9.84 Å². The number of hydrogen-bond acceptors (Lipinski definition) is 2. The summed E-state index contributed by atoms with van der Waals surface area (Å²) in [5.41, 5.74) is 0. The van der Waals surface area contributed by atoms with Gasteiger partial charge in [0.25, 0.3) is 0 Å². The first-order chi connectivity index (χ1) is 8.40. The molecule has 1 fully saturated rings. The highest BCUT2D eigenvalue weighted by atomic mass is 16.5. The van der Waals surface area contributed by atoms with Crippen LogP contribution in [0.15, 0.2) is 24.3 Å². The lowest BCUT2D eigenvalue weighted by Crippen LogP contribution is -2.27. The largest absolute Gasteiger partial charge is 0.396 e. The molecular weight excluding hydrogens is 212 g/mol. The molecule has 2 nitrogen and oxygen atoms in total. The summed E-state index contributed by atoms with van der Waals surface area (Å²) in [7, 11) is 0. The maximum absolute atomic E-state index is 9.47. The minimum Gasteiger partial charge on any atom is -0.396 e. The van der Waals surface area contributed by atoms with Gasteiger partial charge < -0.3 is 9.84 Å². The molecule has 2 aliphatic rings. The first-order valence-corrected chi connectivity index (χ1v) is 6.96. The summed E-state index contributed by atoms with van der Waals surface area (Å²) in [6.45, 7) is 0.944. The fraction of sp³-hybridized carbons (Fsp3) is 0.733. The highest BCUT2D eigenvalue weighted by molar-refractivity contribution is 5.11. The summed E-state index contributed by atoms with van der Waals surface area (Å²) in [5.74, 6) is 0.715. The summed E-state index contributed by atoms with van der Waals surface area (Å²) in [6.07, 6.45) is 16.4. The summed E-state index contributed by atoms with van der Waals surface area (Å²) in [4.78, 5) is 0. The standard InChI is InChI=1S/C15H24O2/c16-11-14(13-7-3-1-4-8-13)12-17-15-9-5-2-6-10-15/h1,3-4,7,13-16H,2,5-6,8-12H2. The molecule has 0 spiro atoms. The zero-order chi connectivity index (χ0) is 11.9. The number of allylic oxidation sites excluding steroid dienone is 4. The Balaban J connectivity index is 1.74. The van der Waals surface area contributed by atoms with Gasteiger partial charge in [-0.1, -0.05) is 43.6 Å². The van der Waals surface area contributed by atoms with E-state index in [-0.39, 0.29) is 12.5 Å². The molecule has 0 radical (unpaired) electrons. The molecule has 96 valence electrons. The maximum Gasteiger partial charge on any atom is 0.0575 e. The van der Waals surface area contributed by atoms with Gasteiger partial charge in [0.15, 0.2) is 0 Å². The lowest BCUT2D eigenvalue weighted by atomic mass is 9.88. The first-order valence-electron chi connectivity index (χ1n) is 6.96. The van der Waals surface area contributed by atoms with Crippen LogP contribution in [0.3, 0.4) is 0 Å². The number of aliphatic hydroxyl groups excluding tert-OH is 1. The van der Waals surface area contributed by atoms with Gasteiger partial charge in [-0.25, -0.2) is 0 Å². The van der Waals surface area contributed by atoms with Crippen molar-refractivity contribution >= 4 is 0 Å². The van der Waals surface area contributed by atoms with Gasteiger partial charge in [0.1, 0.15) is 0 Å². The van der Waals surface area contributed by atoms with Crippen LogP contribution in [0.25, 0.3) is 0 Å². The van der Waals surface area contributed by atoms with Crippen molar-refractivity contribution in [2.75, 3.05) is 13.2 Å². The molecule has 0 aromatic carbocycles. The second kappa shape index (κ2) is 6.97. The van der Waals surface area contributed by atoms with Gasteiger partial charge in [0.2, 0.25) is 0 Å². The van der Waals surface area contributed by atoms with Crippen LogP contribution in [0.4, 0.5) is 0 Å². The minimum atomic E-state index is 0.232. The number of ether oxygens (including phenoxy) is 1. The summed E-state index contributed by atoms with van der Waals surface area (Å²) in [5, 5.41) is 9.47. The second-order valence-electron chi connectivity index (χ2n) is 5.25. The quantitative estimate of drug-likeness (QED) is 0.795. The Hall–Kier alpha value is -0.600. The molecule has 17 heavy (non-hydrogen) atoms. The van der Waals surface area contributed by atoms with Crippen molar-refractivity contribution in [1.82, 2.24) is 0 Å². The van der Waals surface area contributed by atoms with Crippen LogP contribution in [0, 0.1) is 11.8 Å². The van der Waals surface area contributed by atoms with E-state index in [1.54, 1.807) is 0 Å². The third kappa shape index (κ3) is 3.97. The Bertz CT molecular complexity index is 264. The van der Waals surface area contributed by atoms with E-state index in [1.165, 1.54) is 32.1 Å². The van der Waals surface area contributed by atoms with E-state index in [0.717, 1.165) is 6.42 Å². The van der Waals surface area contributed by atoms with Crippen molar-refractivity contribution in [3.8, 4) is 0 Å². The van der Waals surface area contributed by atoms with Crippen LogP contribution in [0.2, 0.25) is 0 Å². The molecule has 2 aliphatic carbocycles. The predicted octanol–water partition coefficient (Wildman–Crippen LogP) is 3.08. The molecule has 2 heteroatoms. The van der Waals surface area contributed by atoms with E-state index in [9.17, 15) is 5.11 Å². The first kappa shape index (κ1) is 12.8. The fourth-order valence-electron chi connectivity index (χ4n) is 2.75. The van der Waals surface area contributed by atoms with Crippen LogP contribution >= 0.6 is 0 Å². The average molecular weight is 236 g/mol. The minimum absolute atomic E-state index is 0.232. The van der Waals surface area contributed by atoms with Gasteiger partial charge in [0.05, 0.1) is 12.7 Å². The molecule has 0 heterocycles. The highest BCUT2D eigenvalue weighted by Gasteiger charge is 2.21. The number of aliphatic hydroxyl groups is 1. The predicted molar refractivity (Wildman–Crippen MR) is 69.8 cm³/mol. The van der Waals surface area contributed by atoms with E-state index in [0.29, 0.717) is 18.6 Å². The highest BCUT2D eigenvalue weighted by Crippen LogP contribution is 2.25. The van der Waals surface area contributed by atoms with Crippen LogP contribution in [-0.4, -0.2) is 24.4 Å². The molecule has 1 N–H and O–H groups in total. The van der Waals surface area contributed by atoms with E-state index < -0.39 is 0 Å². The smallest absolute Gasteiger partial charge is 0.0575 e. The summed E-state index contributed by atoms with van der Waals surface area (Å²) >= 11 is 0. The molecule has 0 saturated heterocycles. The molecule has 2 rings (SSSR count). The van der Waals surface area contributed by atoms with Crippen molar-refractivity contribution in [3.05, 3.63) is 24.3 Å². The van der Waals surface area contributed by atoms with Crippen molar-refractivity contribution in [2.24, 2.45) is 11.8 Å². The monoisotopic (exact) mass is 236 g/mol. The molecule has 1 saturated carbocycles. The molecular formula is C15H24O2. The van der Waals surface area contributed by atoms with Crippen LogP contribution in [0.1, 0.15) is 38.5 Å². The van der Waals surface area contributed by atoms with Gasteiger partial charge in [-0.2, -0.15) is 0 Å². The Morgan fingerprint density at radius 3 is 2.65 bits per heavy atom. The van der Waals surface area contributed by atoms with Crippen LogP contribution in [-0.2, 0) is 4.74 Å². The number of rotatable bonds is 5. The van der Waals surface area contributed by atoms with E-state index in [4.69, 9.17) is 4.74 Å². The molecule has 0 bridgehead atoms. The van der Waals surface area contributed by atoms with Crippen molar-refractivity contribution in [1.29, 1.82) is 0 Å². The molecule has 0 aromatic rings. The normalized spacial score (nSPS) is 27.2. The zero-order valence-corrected chi connectivity index (χ0v) is 10.6. The maximum atomic E-state index is 9.47. The van der Waals surface area contributed by atoms with Crippen molar-refractivity contribution in [2.45, 2.75) is 44.6 Å². The third-order valence-electron chi connectivity index (χ3n) is 3.95. The Labute approximate surface area is 104 Å². The average Bonchev–Trinajstić information content (AvgIpc) is 2.42. The SMILES string of the molecule is OCC(COC1CCCCC1)C1C=CC=CC1. The zero-order valence-electron chi connectivity index (χ0n) is 10.6. The third-order valence-corrected chi connectivity index (χ3v) is 3.95. The van der Waals surface area contributed by atoms with Gasteiger partial charge in [-0.3, -0.25) is 0 Å². The van der Waals surface area contributed by atoms with Crippen molar-refractivity contribution in [3.63, 3.8) is 0 Å². The van der Waals surface area contributed by atoms with E-state index in [2.05, 4.69) is 24.3 Å². The molecule has 0 aliphatic heterocycles. The van der Waals surface area contributed by atoms with E-state index >= 15 is 0 Å². The summed E-state index contributed by atoms with van der Waals surface area (Å²) < 4.78 is 5.97. The molecule has 0 aromatic heterocycles. The van der Waals surface area contributed by atoms with E-state index in [1.807, 2.05) is 0 Å². The molecule has 0 amide bonds. The van der Waals surface area contributed by atoms with Gasteiger partial charge in [-0.05, 0) is 25.2 Å². The molecule has 2 atom stereocenters. The Morgan fingerprint density at radius 2 is 2.00 bits per heavy atom. The Kier molecular flexibility index (Phi) is 5.27.